The SMILES string of the molecule is C=CCN(CCOC)Cc1cc(CNC2CC2)co1. The third-order valence-corrected chi connectivity index (χ3v) is 3.26. The molecule has 0 saturated heterocycles. The van der Waals surface area contributed by atoms with Crippen LogP contribution in [0.5, 0.6) is 0 Å². The quantitative estimate of drug-likeness (QED) is 0.657. The topological polar surface area (TPSA) is 37.6 Å². The molecule has 0 radical (unpaired) electrons. The van der Waals surface area contributed by atoms with Crippen molar-refractivity contribution in [2.75, 3.05) is 26.8 Å². The summed E-state index contributed by atoms with van der Waals surface area (Å²) in [6.45, 7) is 7.96. The molecule has 1 N–H and O–H groups in total. The van der Waals surface area contributed by atoms with Crippen LogP contribution in [-0.4, -0.2) is 37.7 Å². The van der Waals surface area contributed by atoms with E-state index < -0.39 is 0 Å². The lowest BCUT2D eigenvalue weighted by Gasteiger charge is -2.18. The van der Waals surface area contributed by atoms with Crippen LogP contribution in [0.1, 0.15) is 24.2 Å². The Kier molecular flexibility index (Phi) is 5.63. The van der Waals surface area contributed by atoms with Crippen molar-refractivity contribution in [2.45, 2.75) is 32.0 Å². The van der Waals surface area contributed by atoms with Gasteiger partial charge in [0.1, 0.15) is 5.76 Å². The standard InChI is InChI=1S/C15H24N2O2/c1-3-6-17(7-8-18-2)11-15-9-13(12-19-15)10-16-14-4-5-14/h3,9,12,14,16H,1,4-8,10-11H2,2H3. The Labute approximate surface area is 115 Å². The molecular weight excluding hydrogens is 240 g/mol. The highest BCUT2D eigenvalue weighted by molar-refractivity contribution is 5.13. The second-order valence-corrected chi connectivity index (χ2v) is 5.09. The summed E-state index contributed by atoms with van der Waals surface area (Å²) in [4.78, 5) is 2.26. The van der Waals surface area contributed by atoms with Crippen molar-refractivity contribution < 1.29 is 9.15 Å². The number of hydrogen-bond donors (Lipinski definition) is 1. The van der Waals surface area contributed by atoms with E-state index in [4.69, 9.17) is 9.15 Å². The maximum Gasteiger partial charge on any atom is 0.118 e. The first kappa shape index (κ1) is 14.3. The number of furan rings is 1. The van der Waals surface area contributed by atoms with E-state index >= 15 is 0 Å². The summed E-state index contributed by atoms with van der Waals surface area (Å²) in [5.74, 6) is 1.01. The van der Waals surface area contributed by atoms with E-state index in [9.17, 15) is 0 Å². The van der Waals surface area contributed by atoms with Gasteiger partial charge in [0.15, 0.2) is 0 Å². The van der Waals surface area contributed by atoms with Gasteiger partial charge in [-0.15, -0.1) is 6.58 Å². The molecule has 19 heavy (non-hydrogen) atoms. The molecule has 1 heterocycles. The maximum absolute atomic E-state index is 5.62. The third-order valence-electron chi connectivity index (χ3n) is 3.26. The summed E-state index contributed by atoms with van der Waals surface area (Å²) < 4.78 is 10.7. The molecule has 0 amide bonds. The zero-order valence-electron chi connectivity index (χ0n) is 11.7. The normalized spacial score (nSPS) is 15.1. The van der Waals surface area contributed by atoms with Gasteiger partial charge in [-0.3, -0.25) is 4.90 Å². The molecule has 1 fully saturated rings. The monoisotopic (exact) mass is 264 g/mol. The van der Waals surface area contributed by atoms with Crippen LogP contribution in [0.25, 0.3) is 0 Å². The number of ether oxygens (including phenoxy) is 1. The number of rotatable bonds is 10. The molecule has 1 aromatic rings. The Morgan fingerprint density at radius 2 is 2.42 bits per heavy atom. The molecular formula is C15H24N2O2. The van der Waals surface area contributed by atoms with Crippen molar-refractivity contribution in [1.82, 2.24) is 10.2 Å². The fourth-order valence-corrected chi connectivity index (χ4v) is 2.01. The summed E-state index contributed by atoms with van der Waals surface area (Å²) in [5.41, 5.74) is 1.23. The molecule has 0 bridgehead atoms. The van der Waals surface area contributed by atoms with Gasteiger partial charge >= 0.3 is 0 Å². The van der Waals surface area contributed by atoms with Crippen LogP contribution < -0.4 is 5.32 Å². The van der Waals surface area contributed by atoms with Crippen LogP contribution in [0.3, 0.4) is 0 Å². The average Bonchev–Trinajstić information content (AvgIpc) is 3.14. The van der Waals surface area contributed by atoms with E-state index in [1.807, 2.05) is 12.3 Å². The fraction of sp³-hybridized carbons (Fsp3) is 0.600. The Hall–Kier alpha value is -1.10. The Balaban J connectivity index is 1.79. The molecule has 1 aliphatic carbocycles. The van der Waals surface area contributed by atoms with Gasteiger partial charge in [0.05, 0.1) is 19.4 Å². The van der Waals surface area contributed by atoms with Gasteiger partial charge in [-0.2, -0.15) is 0 Å². The lowest BCUT2D eigenvalue weighted by atomic mass is 10.3. The molecule has 1 aromatic heterocycles. The van der Waals surface area contributed by atoms with Gasteiger partial charge in [-0.05, 0) is 18.9 Å². The van der Waals surface area contributed by atoms with Gasteiger partial charge in [-0.25, -0.2) is 0 Å². The number of methoxy groups -OCH3 is 1. The largest absolute Gasteiger partial charge is 0.468 e. The van der Waals surface area contributed by atoms with Crippen LogP contribution in [0.4, 0.5) is 0 Å². The second kappa shape index (κ2) is 7.48. The number of nitrogens with one attached hydrogen (secondary N) is 1. The number of nitrogens with zero attached hydrogens (tertiary/aromatic N) is 1. The Bertz CT molecular complexity index is 385. The Morgan fingerprint density at radius 3 is 3.11 bits per heavy atom. The van der Waals surface area contributed by atoms with E-state index in [0.29, 0.717) is 0 Å². The zero-order chi connectivity index (χ0) is 13.5. The highest BCUT2D eigenvalue weighted by Crippen LogP contribution is 2.20. The molecule has 2 rings (SSSR count). The van der Waals surface area contributed by atoms with Crippen LogP contribution >= 0.6 is 0 Å². The van der Waals surface area contributed by atoms with Gasteiger partial charge < -0.3 is 14.5 Å². The molecule has 4 nitrogen and oxygen atoms in total. The first-order valence-corrected chi connectivity index (χ1v) is 6.93. The smallest absolute Gasteiger partial charge is 0.118 e. The highest BCUT2D eigenvalue weighted by atomic mass is 16.5. The second-order valence-electron chi connectivity index (χ2n) is 5.09. The van der Waals surface area contributed by atoms with Crippen LogP contribution in [-0.2, 0) is 17.8 Å². The van der Waals surface area contributed by atoms with Gasteiger partial charge in [0.25, 0.3) is 0 Å². The van der Waals surface area contributed by atoms with Gasteiger partial charge in [0, 0.05) is 38.3 Å². The van der Waals surface area contributed by atoms with E-state index in [1.54, 1.807) is 7.11 Å². The Morgan fingerprint density at radius 1 is 1.58 bits per heavy atom. The summed E-state index contributed by atoms with van der Waals surface area (Å²) in [5, 5.41) is 3.49. The molecule has 1 saturated carbocycles. The number of hydrogen-bond acceptors (Lipinski definition) is 4. The lowest BCUT2D eigenvalue weighted by molar-refractivity contribution is 0.147. The molecule has 106 valence electrons. The molecule has 0 unspecified atom stereocenters. The summed E-state index contributed by atoms with van der Waals surface area (Å²) >= 11 is 0. The summed E-state index contributed by atoms with van der Waals surface area (Å²) in [7, 11) is 1.72. The van der Waals surface area contributed by atoms with Crippen molar-refractivity contribution in [2.24, 2.45) is 0 Å². The molecule has 0 aliphatic heterocycles. The summed E-state index contributed by atoms with van der Waals surface area (Å²) in [6.07, 6.45) is 6.39. The van der Waals surface area contributed by atoms with E-state index in [0.717, 1.165) is 44.6 Å². The minimum atomic E-state index is 0.727. The van der Waals surface area contributed by atoms with Crippen LogP contribution in [0.2, 0.25) is 0 Å². The van der Waals surface area contributed by atoms with E-state index in [2.05, 4.69) is 22.9 Å². The zero-order valence-corrected chi connectivity index (χ0v) is 11.7. The molecule has 0 spiro atoms. The van der Waals surface area contributed by atoms with E-state index in [-0.39, 0.29) is 0 Å². The molecule has 4 heteroatoms. The fourth-order valence-electron chi connectivity index (χ4n) is 2.01. The predicted octanol–water partition coefficient (Wildman–Crippen LogP) is 2.17. The van der Waals surface area contributed by atoms with E-state index in [1.165, 1.54) is 18.4 Å². The lowest BCUT2D eigenvalue weighted by Crippen LogP contribution is -2.26. The van der Waals surface area contributed by atoms with Gasteiger partial charge in [-0.1, -0.05) is 6.08 Å². The van der Waals surface area contributed by atoms with Crippen molar-refractivity contribution in [1.29, 1.82) is 0 Å². The third kappa shape index (κ3) is 5.19. The van der Waals surface area contributed by atoms with Crippen molar-refractivity contribution in [3.63, 3.8) is 0 Å². The van der Waals surface area contributed by atoms with Gasteiger partial charge in [0.2, 0.25) is 0 Å². The van der Waals surface area contributed by atoms with Crippen molar-refractivity contribution in [3.8, 4) is 0 Å². The minimum absolute atomic E-state index is 0.727. The predicted molar refractivity (Wildman–Crippen MR) is 75.9 cm³/mol. The molecule has 0 atom stereocenters. The molecule has 0 aromatic carbocycles. The van der Waals surface area contributed by atoms with Crippen molar-refractivity contribution >= 4 is 0 Å². The van der Waals surface area contributed by atoms with Crippen molar-refractivity contribution in [3.05, 3.63) is 36.3 Å². The summed E-state index contributed by atoms with van der Waals surface area (Å²) in [6, 6.07) is 2.87. The maximum atomic E-state index is 5.62. The van der Waals surface area contributed by atoms with Crippen LogP contribution in [0, 0.1) is 0 Å². The first-order valence-electron chi connectivity index (χ1n) is 6.93. The minimum Gasteiger partial charge on any atom is -0.468 e. The first-order chi connectivity index (χ1) is 9.31. The highest BCUT2D eigenvalue weighted by Gasteiger charge is 2.20. The molecule has 1 aliphatic rings. The van der Waals surface area contributed by atoms with Crippen LogP contribution in [0.15, 0.2) is 29.4 Å². The average molecular weight is 264 g/mol.